The van der Waals surface area contributed by atoms with Crippen molar-refractivity contribution < 1.29 is 0 Å². The summed E-state index contributed by atoms with van der Waals surface area (Å²) in [6, 6.07) is 20.3. The van der Waals surface area contributed by atoms with Crippen molar-refractivity contribution in [2.75, 3.05) is 30.8 Å². The van der Waals surface area contributed by atoms with Crippen LogP contribution in [0.25, 0.3) is 11.4 Å². The zero-order valence-electron chi connectivity index (χ0n) is 15.5. The van der Waals surface area contributed by atoms with Crippen LogP contribution >= 0.6 is 0 Å². The Labute approximate surface area is 159 Å². The summed E-state index contributed by atoms with van der Waals surface area (Å²) >= 11 is 0. The van der Waals surface area contributed by atoms with Gasteiger partial charge in [0.1, 0.15) is 0 Å². The Morgan fingerprint density at radius 1 is 0.815 bits per heavy atom. The summed E-state index contributed by atoms with van der Waals surface area (Å²) in [4.78, 5) is 16.3. The fraction of sp³-hybridized carbons (Fsp3) is 0.286. The van der Waals surface area contributed by atoms with Gasteiger partial charge in [0.25, 0.3) is 0 Å². The van der Waals surface area contributed by atoms with Crippen LogP contribution < -0.4 is 10.6 Å². The Kier molecular flexibility index (Phi) is 5.25. The molecule has 2 heterocycles. The maximum absolute atomic E-state index is 4.67. The van der Waals surface area contributed by atoms with Crippen LogP contribution in [0.1, 0.15) is 12.8 Å². The molecule has 1 aliphatic rings. The van der Waals surface area contributed by atoms with Gasteiger partial charge in [-0.05, 0) is 45.1 Å². The first-order valence-electron chi connectivity index (χ1n) is 9.35. The van der Waals surface area contributed by atoms with Crippen molar-refractivity contribution in [1.82, 2.24) is 19.9 Å². The van der Waals surface area contributed by atoms with Crippen LogP contribution in [0.2, 0.25) is 0 Å². The van der Waals surface area contributed by atoms with E-state index in [1.165, 1.54) is 0 Å². The third-order valence-corrected chi connectivity index (χ3v) is 4.75. The Bertz CT molecular complexity index is 860. The molecule has 4 rings (SSSR count). The number of likely N-dealkylation sites (tertiary alicyclic amines) is 1. The van der Waals surface area contributed by atoms with E-state index in [2.05, 4.69) is 37.5 Å². The lowest BCUT2D eigenvalue weighted by molar-refractivity contribution is 0.263. The monoisotopic (exact) mass is 360 g/mol. The van der Waals surface area contributed by atoms with Crippen molar-refractivity contribution in [2.24, 2.45) is 0 Å². The average Bonchev–Trinajstić information content (AvgIpc) is 2.71. The second kappa shape index (κ2) is 8.14. The first-order valence-corrected chi connectivity index (χ1v) is 9.35. The molecule has 0 unspecified atom stereocenters. The van der Waals surface area contributed by atoms with Gasteiger partial charge in [-0.25, -0.2) is 0 Å². The van der Waals surface area contributed by atoms with Crippen molar-refractivity contribution in [1.29, 1.82) is 0 Å². The number of nitrogens with one attached hydrogen (secondary N) is 2. The van der Waals surface area contributed by atoms with Crippen LogP contribution in [-0.4, -0.2) is 46.0 Å². The highest BCUT2D eigenvalue weighted by Gasteiger charge is 2.18. The molecule has 3 aromatic rings. The molecule has 0 amide bonds. The summed E-state index contributed by atoms with van der Waals surface area (Å²) in [6.45, 7) is 2.17. The van der Waals surface area contributed by atoms with Crippen molar-refractivity contribution in [2.45, 2.75) is 18.9 Å². The lowest BCUT2D eigenvalue weighted by atomic mass is 10.1. The molecule has 1 aliphatic heterocycles. The van der Waals surface area contributed by atoms with Gasteiger partial charge in [0.05, 0.1) is 0 Å². The highest BCUT2D eigenvalue weighted by molar-refractivity contribution is 5.60. The van der Waals surface area contributed by atoms with E-state index in [0.717, 1.165) is 37.2 Å². The van der Waals surface area contributed by atoms with E-state index < -0.39 is 0 Å². The summed E-state index contributed by atoms with van der Waals surface area (Å²) in [7, 11) is 2.16. The Balaban J connectivity index is 1.62. The van der Waals surface area contributed by atoms with Crippen molar-refractivity contribution in [3.8, 4) is 11.4 Å². The molecule has 1 fully saturated rings. The zero-order chi connectivity index (χ0) is 18.5. The van der Waals surface area contributed by atoms with Crippen LogP contribution in [0.4, 0.5) is 17.6 Å². The van der Waals surface area contributed by atoms with Crippen LogP contribution in [0.5, 0.6) is 0 Å². The number of hydrogen-bond acceptors (Lipinski definition) is 6. The molecule has 0 bridgehead atoms. The number of hydrogen-bond donors (Lipinski definition) is 2. The molecule has 0 radical (unpaired) electrons. The third-order valence-electron chi connectivity index (χ3n) is 4.75. The lowest BCUT2D eigenvalue weighted by Gasteiger charge is -2.29. The number of benzene rings is 2. The van der Waals surface area contributed by atoms with Gasteiger partial charge in [-0.3, -0.25) is 0 Å². The molecule has 2 N–H and O–H groups in total. The summed E-state index contributed by atoms with van der Waals surface area (Å²) < 4.78 is 0. The molecule has 0 atom stereocenters. The van der Waals surface area contributed by atoms with Gasteiger partial charge in [-0.2, -0.15) is 15.0 Å². The number of nitrogens with zero attached hydrogens (tertiary/aromatic N) is 4. The third kappa shape index (κ3) is 4.60. The van der Waals surface area contributed by atoms with Crippen molar-refractivity contribution in [3.63, 3.8) is 0 Å². The van der Waals surface area contributed by atoms with Crippen molar-refractivity contribution in [3.05, 3.63) is 60.7 Å². The molecule has 138 valence electrons. The molecule has 0 saturated carbocycles. The highest BCUT2D eigenvalue weighted by Crippen LogP contribution is 2.21. The molecular formula is C21H24N6. The molecule has 1 aromatic heterocycles. The van der Waals surface area contributed by atoms with Gasteiger partial charge in [0.2, 0.25) is 11.9 Å². The predicted octanol–water partition coefficient (Wildman–Crippen LogP) is 3.79. The topological polar surface area (TPSA) is 66.0 Å². The average molecular weight is 360 g/mol. The van der Waals surface area contributed by atoms with Gasteiger partial charge >= 0.3 is 0 Å². The van der Waals surface area contributed by atoms with Crippen LogP contribution in [0.15, 0.2) is 60.7 Å². The molecule has 0 aliphatic carbocycles. The Morgan fingerprint density at radius 3 is 2.15 bits per heavy atom. The quantitative estimate of drug-likeness (QED) is 0.722. The van der Waals surface area contributed by atoms with E-state index in [-0.39, 0.29) is 0 Å². The Hall–Kier alpha value is -2.99. The fourth-order valence-corrected chi connectivity index (χ4v) is 3.20. The van der Waals surface area contributed by atoms with E-state index in [4.69, 9.17) is 0 Å². The van der Waals surface area contributed by atoms with Gasteiger partial charge in [-0.15, -0.1) is 0 Å². The lowest BCUT2D eigenvalue weighted by Crippen LogP contribution is -2.37. The largest absolute Gasteiger partial charge is 0.351 e. The van der Waals surface area contributed by atoms with Crippen LogP contribution in [0.3, 0.4) is 0 Å². The maximum Gasteiger partial charge on any atom is 0.232 e. The predicted molar refractivity (Wildman–Crippen MR) is 109 cm³/mol. The fourth-order valence-electron chi connectivity index (χ4n) is 3.20. The second-order valence-corrected chi connectivity index (χ2v) is 6.89. The minimum atomic E-state index is 0.386. The highest BCUT2D eigenvalue weighted by atomic mass is 15.2. The minimum absolute atomic E-state index is 0.386. The van der Waals surface area contributed by atoms with Crippen molar-refractivity contribution >= 4 is 17.6 Å². The molecule has 0 spiro atoms. The number of rotatable bonds is 5. The smallest absolute Gasteiger partial charge is 0.232 e. The standard InChI is InChI=1S/C21H24N6/c1-27-14-12-18(13-15-27)23-21-25-19(16-8-4-2-5-9-16)24-20(26-21)22-17-10-6-3-7-11-17/h2-11,18H,12-15H2,1H3,(H2,22,23,24,25,26). The number of para-hydroxylation sites is 1. The van der Waals surface area contributed by atoms with E-state index in [0.29, 0.717) is 23.8 Å². The summed E-state index contributed by atoms with van der Waals surface area (Å²) in [5, 5.41) is 6.80. The molecule has 1 saturated heterocycles. The summed E-state index contributed by atoms with van der Waals surface area (Å²) in [6.07, 6.45) is 2.18. The zero-order valence-corrected chi connectivity index (χ0v) is 15.5. The minimum Gasteiger partial charge on any atom is -0.351 e. The molecule has 6 heteroatoms. The summed E-state index contributed by atoms with van der Waals surface area (Å²) in [5.41, 5.74) is 1.93. The molecule has 6 nitrogen and oxygen atoms in total. The van der Waals surface area contributed by atoms with E-state index >= 15 is 0 Å². The second-order valence-electron chi connectivity index (χ2n) is 6.89. The maximum atomic E-state index is 4.67. The van der Waals surface area contributed by atoms with E-state index in [9.17, 15) is 0 Å². The normalized spacial score (nSPS) is 15.4. The SMILES string of the molecule is CN1CCC(Nc2nc(Nc3ccccc3)nc(-c3ccccc3)n2)CC1. The molecule has 2 aromatic carbocycles. The molecular weight excluding hydrogens is 336 g/mol. The first-order chi connectivity index (χ1) is 13.3. The van der Waals surface area contributed by atoms with E-state index in [1.54, 1.807) is 0 Å². The first kappa shape index (κ1) is 17.4. The Morgan fingerprint density at radius 2 is 1.44 bits per heavy atom. The van der Waals surface area contributed by atoms with Crippen LogP contribution in [-0.2, 0) is 0 Å². The van der Waals surface area contributed by atoms with Gasteiger partial charge < -0.3 is 15.5 Å². The number of piperidine rings is 1. The number of aromatic nitrogens is 3. The summed E-state index contributed by atoms with van der Waals surface area (Å²) in [5.74, 6) is 1.83. The van der Waals surface area contributed by atoms with Gasteiger partial charge in [-0.1, -0.05) is 48.5 Å². The van der Waals surface area contributed by atoms with Gasteiger partial charge in [0, 0.05) is 17.3 Å². The number of anilines is 3. The van der Waals surface area contributed by atoms with E-state index in [1.807, 2.05) is 60.7 Å². The van der Waals surface area contributed by atoms with Crippen LogP contribution in [0, 0.1) is 0 Å². The molecule has 27 heavy (non-hydrogen) atoms. The van der Waals surface area contributed by atoms with Gasteiger partial charge in [0.15, 0.2) is 5.82 Å².